The molecule has 2 fully saturated rings. The van der Waals surface area contributed by atoms with Gasteiger partial charge in [-0.3, -0.25) is 14.5 Å². The molecule has 0 unspecified atom stereocenters. The van der Waals surface area contributed by atoms with Crippen LogP contribution < -0.4 is 0 Å². The molecule has 0 aromatic rings. The van der Waals surface area contributed by atoms with E-state index in [0.717, 1.165) is 11.3 Å². The number of carbonyl (C=O) groups excluding carboxylic acids is 3. The zero-order valence-electron chi connectivity index (χ0n) is 10.3. The summed E-state index contributed by atoms with van der Waals surface area (Å²) < 4.78 is 4.61. The number of methoxy groups -OCH3 is 1. The predicted octanol–water partition coefficient (Wildman–Crippen LogP) is 0.355. The van der Waals surface area contributed by atoms with Gasteiger partial charge in [-0.05, 0) is 25.2 Å². The third kappa shape index (κ3) is 1.24. The van der Waals surface area contributed by atoms with E-state index in [1.165, 1.54) is 14.0 Å². The van der Waals surface area contributed by atoms with Crippen molar-refractivity contribution in [3.63, 3.8) is 0 Å². The van der Waals surface area contributed by atoms with Gasteiger partial charge in [0.15, 0.2) is 0 Å². The van der Waals surface area contributed by atoms with Crippen molar-refractivity contribution in [3.8, 4) is 0 Å². The van der Waals surface area contributed by atoms with Crippen molar-refractivity contribution >= 4 is 17.8 Å². The Kier molecular flexibility index (Phi) is 2.33. The quantitative estimate of drug-likeness (QED) is 0.402. The van der Waals surface area contributed by atoms with E-state index in [4.69, 9.17) is 0 Å². The van der Waals surface area contributed by atoms with Gasteiger partial charge in [-0.25, -0.2) is 4.79 Å². The minimum atomic E-state index is -0.819. The highest BCUT2D eigenvalue weighted by atomic mass is 16.5. The number of allylic oxidation sites excluding steroid dienone is 2. The van der Waals surface area contributed by atoms with Gasteiger partial charge >= 0.3 is 5.97 Å². The fourth-order valence-corrected chi connectivity index (χ4v) is 3.58. The van der Waals surface area contributed by atoms with Crippen molar-refractivity contribution in [2.24, 2.45) is 23.7 Å². The first-order chi connectivity index (χ1) is 8.56. The van der Waals surface area contributed by atoms with Crippen molar-refractivity contribution in [3.05, 3.63) is 12.2 Å². The molecule has 2 bridgehead atoms. The van der Waals surface area contributed by atoms with E-state index in [0.29, 0.717) is 0 Å². The molecular weight excluding hydrogens is 234 g/mol. The van der Waals surface area contributed by atoms with E-state index < -0.39 is 12.0 Å². The molecule has 1 saturated heterocycles. The molecule has 2 aliphatic carbocycles. The van der Waals surface area contributed by atoms with Gasteiger partial charge in [-0.15, -0.1) is 0 Å². The summed E-state index contributed by atoms with van der Waals surface area (Å²) in [6.07, 6.45) is 4.96. The molecule has 0 radical (unpaired) electrons. The summed E-state index contributed by atoms with van der Waals surface area (Å²) in [5, 5.41) is 0. The van der Waals surface area contributed by atoms with Crippen LogP contribution >= 0.6 is 0 Å². The number of nitrogens with zero attached hydrogens (tertiary/aromatic N) is 1. The van der Waals surface area contributed by atoms with Gasteiger partial charge in [0.1, 0.15) is 6.04 Å². The topological polar surface area (TPSA) is 63.7 Å². The number of amides is 2. The second-order valence-corrected chi connectivity index (χ2v) is 5.25. The lowest BCUT2D eigenvalue weighted by molar-refractivity contribution is -0.156. The van der Waals surface area contributed by atoms with Crippen LogP contribution in [0.2, 0.25) is 0 Å². The highest BCUT2D eigenvalue weighted by Gasteiger charge is 2.60. The van der Waals surface area contributed by atoms with Crippen LogP contribution in [0.15, 0.2) is 12.2 Å². The maximum atomic E-state index is 12.3. The van der Waals surface area contributed by atoms with Gasteiger partial charge in [-0.2, -0.15) is 0 Å². The van der Waals surface area contributed by atoms with Crippen LogP contribution in [0.1, 0.15) is 13.3 Å². The number of ether oxygens (including phenoxy) is 1. The molecule has 5 heteroatoms. The molecule has 1 heterocycles. The van der Waals surface area contributed by atoms with E-state index in [1.54, 1.807) is 0 Å². The van der Waals surface area contributed by atoms with Crippen LogP contribution in [0, 0.1) is 23.7 Å². The largest absolute Gasteiger partial charge is 0.467 e. The average molecular weight is 249 g/mol. The number of hydrogen-bond donors (Lipinski definition) is 0. The lowest BCUT2D eigenvalue weighted by Crippen LogP contribution is -2.45. The molecule has 2 amide bonds. The summed E-state index contributed by atoms with van der Waals surface area (Å²) in [6, 6.07) is -0.819. The fraction of sp³-hybridized carbons (Fsp3) is 0.615. The second kappa shape index (κ2) is 3.67. The summed E-state index contributed by atoms with van der Waals surface area (Å²) >= 11 is 0. The number of fused-ring (bicyclic) bond motifs is 5. The van der Waals surface area contributed by atoms with Crippen LogP contribution in [0.25, 0.3) is 0 Å². The van der Waals surface area contributed by atoms with Gasteiger partial charge < -0.3 is 4.74 Å². The van der Waals surface area contributed by atoms with Crippen molar-refractivity contribution in [1.82, 2.24) is 4.90 Å². The Bertz CT molecular complexity index is 440. The third-order valence-electron chi connectivity index (χ3n) is 4.43. The monoisotopic (exact) mass is 249 g/mol. The first kappa shape index (κ1) is 11.4. The van der Waals surface area contributed by atoms with E-state index in [1.807, 2.05) is 12.2 Å². The summed E-state index contributed by atoms with van der Waals surface area (Å²) in [4.78, 5) is 37.2. The molecule has 1 aliphatic heterocycles. The van der Waals surface area contributed by atoms with Gasteiger partial charge in [0.05, 0.1) is 18.9 Å². The molecule has 3 rings (SSSR count). The molecule has 3 aliphatic rings. The number of rotatable bonds is 2. The smallest absolute Gasteiger partial charge is 0.328 e. The van der Waals surface area contributed by atoms with Gasteiger partial charge in [0, 0.05) is 0 Å². The van der Waals surface area contributed by atoms with E-state index in [-0.39, 0.29) is 35.5 Å². The number of imide groups is 1. The predicted molar refractivity (Wildman–Crippen MR) is 61.0 cm³/mol. The molecule has 0 spiro atoms. The molecule has 0 aromatic heterocycles. The summed E-state index contributed by atoms with van der Waals surface area (Å²) in [6.45, 7) is 1.54. The van der Waals surface area contributed by atoms with Crippen molar-refractivity contribution in [2.45, 2.75) is 19.4 Å². The summed E-state index contributed by atoms with van der Waals surface area (Å²) in [7, 11) is 1.26. The Morgan fingerprint density at radius 2 is 1.78 bits per heavy atom. The van der Waals surface area contributed by atoms with E-state index >= 15 is 0 Å². The van der Waals surface area contributed by atoms with Crippen molar-refractivity contribution < 1.29 is 19.1 Å². The standard InChI is InChI=1S/C13H15NO4/c1-6(13(17)18-2)14-11(15)9-7-3-4-8(5-7)10(9)12(14)16/h3-4,6-10H,5H2,1-2H3/t6-,7-,8-,9-,10-/m0/s1. The average Bonchev–Trinajstić information content (AvgIpc) is 3.02. The zero-order chi connectivity index (χ0) is 13.0. The van der Waals surface area contributed by atoms with Crippen LogP contribution in [0.5, 0.6) is 0 Å². The normalized spacial score (nSPS) is 38.2. The maximum Gasteiger partial charge on any atom is 0.328 e. The first-order valence-corrected chi connectivity index (χ1v) is 6.19. The summed E-state index contributed by atoms with van der Waals surface area (Å²) in [5.41, 5.74) is 0. The van der Waals surface area contributed by atoms with Crippen LogP contribution in [0.4, 0.5) is 0 Å². The number of hydrogen-bond acceptors (Lipinski definition) is 4. The molecule has 0 aromatic carbocycles. The van der Waals surface area contributed by atoms with Crippen LogP contribution in [-0.2, 0) is 19.1 Å². The molecular formula is C13H15NO4. The Labute approximate surface area is 105 Å². The second-order valence-electron chi connectivity index (χ2n) is 5.25. The van der Waals surface area contributed by atoms with Crippen molar-refractivity contribution in [2.75, 3.05) is 7.11 Å². The maximum absolute atomic E-state index is 12.3. The number of esters is 1. The van der Waals surface area contributed by atoms with Crippen LogP contribution in [-0.4, -0.2) is 35.8 Å². The highest BCUT2D eigenvalue weighted by Crippen LogP contribution is 2.52. The van der Waals surface area contributed by atoms with Gasteiger partial charge in [0.25, 0.3) is 0 Å². The fourth-order valence-electron chi connectivity index (χ4n) is 3.58. The number of likely N-dealkylation sites (tertiary alicyclic amines) is 1. The Morgan fingerprint density at radius 3 is 2.22 bits per heavy atom. The lowest BCUT2D eigenvalue weighted by Gasteiger charge is -2.22. The zero-order valence-corrected chi connectivity index (χ0v) is 10.3. The first-order valence-electron chi connectivity index (χ1n) is 6.19. The molecule has 5 nitrogen and oxygen atoms in total. The van der Waals surface area contributed by atoms with Crippen LogP contribution in [0.3, 0.4) is 0 Å². The van der Waals surface area contributed by atoms with Gasteiger partial charge in [-0.1, -0.05) is 12.2 Å². The molecule has 0 N–H and O–H groups in total. The third-order valence-corrected chi connectivity index (χ3v) is 4.43. The number of carbonyl (C=O) groups is 3. The summed E-state index contributed by atoms with van der Waals surface area (Å²) in [5.74, 6) is -1.12. The Hall–Kier alpha value is -1.65. The SMILES string of the molecule is COC(=O)[C@H](C)N1C(=O)[C@@H]2[C@@H](C1=O)[C@H]1C=C[C@H]2C1. The molecule has 1 saturated carbocycles. The highest BCUT2D eigenvalue weighted by molar-refractivity contribution is 6.08. The molecule has 5 atom stereocenters. The van der Waals surface area contributed by atoms with Crippen molar-refractivity contribution in [1.29, 1.82) is 0 Å². The Balaban J connectivity index is 1.90. The van der Waals surface area contributed by atoms with E-state index in [9.17, 15) is 14.4 Å². The molecule has 18 heavy (non-hydrogen) atoms. The minimum Gasteiger partial charge on any atom is -0.467 e. The molecule has 96 valence electrons. The Morgan fingerprint density at radius 1 is 1.28 bits per heavy atom. The lowest BCUT2D eigenvalue weighted by atomic mass is 9.85. The van der Waals surface area contributed by atoms with Gasteiger partial charge in [0.2, 0.25) is 11.8 Å². The minimum absolute atomic E-state index is 0.172. The van der Waals surface area contributed by atoms with E-state index in [2.05, 4.69) is 4.74 Å².